The molecular formula is C23H23Br2N3O2. The molecule has 156 valence electrons. The third-order valence-corrected chi connectivity index (χ3v) is 6.47. The fraction of sp³-hybridized carbons (Fsp3) is 0.304. The second kappa shape index (κ2) is 9.45. The summed E-state index contributed by atoms with van der Waals surface area (Å²) in [6.45, 7) is 6.57. The first-order chi connectivity index (χ1) is 14.5. The predicted molar refractivity (Wildman–Crippen MR) is 127 cm³/mol. The second-order valence-corrected chi connectivity index (χ2v) is 9.08. The Balaban J connectivity index is 1.51. The molecule has 4 rings (SSSR count). The van der Waals surface area contributed by atoms with Crippen molar-refractivity contribution in [3.05, 3.63) is 63.2 Å². The van der Waals surface area contributed by atoms with Gasteiger partial charge in [0.1, 0.15) is 5.52 Å². The van der Waals surface area contributed by atoms with Crippen LogP contribution in [0.15, 0.2) is 57.6 Å². The van der Waals surface area contributed by atoms with E-state index in [2.05, 4.69) is 77.0 Å². The number of carbonyl (C=O) groups excluding carboxylic acids is 1. The third-order valence-electron chi connectivity index (χ3n) is 5.35. The van der Waals surface area contributed by atoms with E-state index in [-0.39, 0.29) is 5.97 Å². The molecule has 1 aliphatic rings. The number of anilines is 1. The molecule has 3 aromatic rings. The molecule has 1 fully saturated rings. The summed E-state index contributed by atoms with van der Waals surface area (Å²) in [5.41, 5.74) is 3.16. The molecule has 2 aromatic carbocycles. The maximum absolute atomic E-state index is 11.9. The van der Waals surface area contributed by atoms with Gasteiger partial charge in [-0.05, 0) is 57.9 Å². The van der Waals surface area contributed by atoms with Crippen LogP contribution in [0.4, 0.5) is 5.69 Å². The van der Waals surface area contributed by atoms with Gasteiger partial charge in [0.2, 0.25) is 0 Å². The van der Waals surface area contributed by atoms with Crippen molar-refractivity contribution in [3.8, 4) is 5.75 Å². The Morgan fingerprint density at radius 3 is 2.53 bits per heavy atom. The van der Waals surface area contributed by atoms with Crippen molar-refractivity contribution in [1.29, 1.82) is 0 Å². The average Bonchev–Trinajstić information content (AvgIpc) is 2.77. The van der Waals surface area contributed by atoms with Gasteiger partial charge in [0, 0.05) is 60.9 Å². The highest BCUT2D eigenvalue weighted by atomic mass is 79.9. The lowest BCUT2D eigenvalue weighted by Gasteiger charge is -2.36. The highest BCUT2D eigenvalue weighted by Gasteiger charge is 2.20. The summed E-state index contributed by atoms with van der Waals surface area (Å²) in [7, 11) is 0. The van der Waals surface area contributed by atoms with Crippen molar-refractivity contribution in [2.45, 2.75) is 19.9 Å². The van der Waals surface area contributed by atoms with Crippen LogP contribution in [0.3, 0.4) is 0 Å². The quantitative estimate of drug-likeness (QED) is 0.325. The Morgan fingerprint density at radius 1 is 1.10 bits per heavy atom. The van der Waals surface area contributed by atoms with Gasteiger partial charge < -0.3 is 9.64 Å². The highest BCUT2D eigenvalue weighted by Crippen LogP contribution is 2.36. The van der Waals surface area contributed by atoms with Crippen LogP contribution in [0.1, 0.15) is 18.9 Å². The van der Waals surface area contributed by atoms with Gasteiger partial charge >= 0.3 is 5.97 Å². The Hall–Kier alpha value is -1.96. The largest absolute Gasteiger partial charge is 0.423 e. The fourth-order valence-electron chi connectivity index (χ4n) is 3.73. The number of hydrogen-bond donors (Lipinski definition) is 0. The number of halogens is 2. The lowest BCUT2D eigenvalue weighted by molar-refractivity contribution is -0.133. The summed E-state index contributed by atoms with van der Waals surface area (Å²) in [4.78, 5) is 21.2. The molecule has 0 atom stereocenters. The number of aromatic nitrogens is 1. The molecule has 30 heavy (non-hydrogen) atoms. The fourth-order valence-corrected chi connectivity index (χ4v) is 4.54. The molecule has 2 heterocycles. The Morgan fingerprint density at radius 2 is 1.83 bits per heavy atom. The number of ether oxygens (including phenoxy) is 1. The average molecular weight is 533 g/mol. The predicted octanol–water partition coefficient (Wildman–Crippen LogP) is 5.40. The van der Waals surface area contributed by atoms with E-state index in [9.17, 15) is 4.79 Å². The van der Waals surface area contributed by atoms with Crippen LogP contribution < -0.4 is 9.64 Å². The van der Waals surface area contributed by atoms with Crippen LogP contribution in [0.5, 0.6) is 5.75 Å². The van der Waals surface area contributed by atoms with Crippen LogP contribution in [-0.4, -0.2) is 42.0 Å². The highest BCUT2D eigenvalue weighted by molar-refractivity contribution is 9.10. The molecule has 0 N–H and O–H groups in total. The Bertz CT molecular complexity index is 1050. The first-order valence-electron chi connectivity index (χ1n) is 10.0. The summed E-state index contributed by atoms with van der Waals surface area (Å²) in [5.74, 6) is 0.237. The standard InChI is InChI=1S/C23H23Br2N3O2/c1-2-21(29)30-23-20(25)14-16(19-4-3-9-26-22(19)23)15-27-10-12-28(13-11-27)18-7-5-17(24)6-8-18/h3-9,14H,2,10-13,15H2,1H3. The van der Waals surface area contributed by atoms with Crippen molar-refractivity contribution >= 4 is 54.4 Å². The van der Waals surface area contributed by atoms with Gasteiger partial charge in [-0.2, -0.15) is 0 Å². The van der Waals surface area contributed by atoms with E-state index in [1.807, 2.05) is 12.1 Å². The topological polar surface area (TPSA) is 45.7 Å². The van der Waals surface area contributed by atoms with Crippen molar-refractivity contribution < 1.29 is 9.53 Å². The number of piperazine rings is 1. The lowest BCUT2D eigenvalue weighted by atomic mass is 10.1. The summed E-state index contributed by atoms with van der Waals surface area (Å²) in [6, 6.07) is 14.5. The minimum atomic E-state index is -0.264. The minimum absolute atomic E-state index is 0.264. The van der Waals surface area contributed by atoms with Gasteiger partial charge in [-0.25, -0.2) is 0 Å². The van der Waals surface area contributed by atoms with E-state index in [1.165, 1.54) is 11.3 Å². The van der Waals surface area contributed by atoms with Gasteiger partial charge in [0.15, 0.2) is 5.75 Å². The van der Waals surface area contributed by atoms with Gasteiger partial charge in [0.05, 0.1) is 4.47 Å². The molecule has 0 spiro atoms. The third kappa shape index (κ3) is 4.68. The number of fused-ring (bicyclic) bond motifs is 1. The maximum atomic E-state index is 11.9. The molecule has 0 saturated carbocycles. The van der Waals surface area contributed by atoms with Crippen LogP contribution in [-0.2, 0) is 11.3 Å². The minimum Gasteiger partial charge on any atom is -0.423 e. The molecule has 5 nitrogen and oxygen atoms in total. The zero-order chi connectivity index (χ0) is 21.1. The number of benzene rings is 2. The molecule has 1 saturated heterocycles. The summed E-state index contributed by atoms with van der Waals surface area (Å²) >= 11 is 7.09. The Labute approximate surface area is 193 Å². The molecule has 0 bridgehead atoms. The van der Waals surface area contributed by atoms with Gasteiger partial charge in [-0.3, -0.25) is 14.7 Å². The number of esters is 1. The summed E-state index contributed by atoms with van der Waals surface area (Å²) < 4.78 is 7.42. The molecule has 0 aliphatic carbocycles. The number of hydrogen-bond acceptors (Lipinski definition) is 5. The van der Waals surface area contributed by atoms with E-state index in [0.29, 0.717) is 12.2 Å². The van der Waals surface area contributed by atoms with E-state index in [1.54, 1.807) is 13.1 Å². The molecule has 0 amide bonds. The first kappa shape index (κ1) is 21.3. The maximum Gasteiger partial charge on any atom is 0.311 e. The molecule has 1 aromatic heterocycles. The first-order valence-corrected chi connectivity index (χ1v) is 11.6. The number of carbonyl (C=O) groups is 1. The normalized spacial score (nSPS) is 14.8. The molecular weight excluding hydrogens is 510 g/mol. The van der Waals surface area contributed by atoms with Crippen molar-refractivity contribution in [1.82, 2.24) is 9.88 Å². The van der Waals surface area contributed by atoms with Crippen LogP contribution in [0.2, 0.25) is 0 Å². The van der Waals surface area contributed by atoms with Gasteiger partial charge in [-0.1, -0.05) is 28.9 Å². The second-order valence-electron chi connectivity index (χ2n) is 7.31. The molecule has 1 aliphatic heterocycles. The van der Waals surface area contributed by atoms with E-state index < -0.39 is 0 Å². The SMILES string of the molecule is CCC(=O)Oc1c(Br)cc(CN2CCN(c3ccc(Br)cc3)CC2)c2cccnc12. The summed E-state index contributed by atoms with van der Waals surface area (Å²) in [5, 5.41) is 1.02. The van der Waals surface area contributed by atoms with E-state index in [0.717, 1.165) is 52.6 Å². The van der Waals surface area contributed by atoms with Crippen LogP contribution >= 0.6 is 31.9 Å². The van der Waals surface area contributed by atoms with Crippen LogP contribution in [0, 0.1) is 0 Å². The van der Waals surface area contributed by atoms with Crippen molar-refractivity contribution in [2.24, 2.45) is 0 Å². The smallest absolute Gasteiger partial charge is 0.311 e. The van der Waals surface area contributed by atoms with Gasteiger partial charge in [0.25, 0.3) is 0 Å². The summed E-state index contributed by atoms with van der Waals surface area (Å²) in [6.07, 6.45) is 2.06. The monoisotopic (exact) mass is 531 g/mol. The molecule has 0 unspecified atom stereocenters. The van der Waals surface area contributed by atoms with Crippen LogP contribution in [0.25, 0.3) is 10.9 Å². The van der Waals surface area contributed by atoms with Crippen molar-refractivity contribution in [2.75, 3.05) is 31.1 Å². The van der Waals surface area contributed by atoms with E-state index >= 15 is 0 Å². The Kier molecular flexibility index (Phi) is 6.71. The zero-order valence-electron chi connectivity index (χ0n) is 16.8. The lowest BCUT2D eigenvalue weighted by Crippen LogP contribution is -2.46. The number of nitrogens with zero attached hydrogens (tertiary/aromatic N) is 3. The number of rotatable bonds is 5. The molecule has 7 heteroatoms. The number of pyridine rings is 1. The molecule has 0 radical (unpaired) electrons. The van der Waals surface area contributed by atoms with E-state index in [4.69, 9.17) is 4.74 Å². The van der Waals surface area contributed by atoms with Gasteiger partial charge in [-0.15, -0.1) is 0 Å². The zero-order valence-corrected chi connectivity index (χ0v) is 19.9. The van der Waals surface area contributed by atoms with Crippen molar-refractivity contribution in [3.63, 3.8) is 0 Å².